The SMILES string of the molecule is CC/C=C\C/C=C\C/C=C\C/C=C\CCCCCCCCC(=O)OCC(COCCCCCCCC/C=C\CCCCCCCC)OC(=O)CCCCCCCCCCC/C=C\CCCCCCCC. The minimum Gasteiger partial charge on any atom is -0.462 e. The van der Waals surface area contributed by atoms with Crippen molar-refractivity contribution in [3.05, 3.63) is 72.9 Å². The van der Waals surface area contributed by atoms with Gasteiger partial charge in [0, 0.05) is 19.4 Å². The second-order valence-corrected chi connectivity index (χ2v) is 20.2. The number of esters is 2. The van der Waals surface area contributed by atoms with Crippen LogP contribution in [-0.2, 0) is 23.8 Å². The van der Waals surface area contributed by atoms with E-state index in [1.807, 2.05) is 0 Å². The minimum atomic E-state index is -0.549. The molecule has 0 heterocycles. The number of hydrogen-bond donors (Lipinski definition) is 0. The number of unbranched alkanes of at least 4 members (excludes halogenated alkanes) is 33. The molecule has 0 saturated heterocycles. The molecular weight excluding hydrogens is 861 g/mol. The van der Waals surface area contributed by atoms with E-state index in [9.17, 15) is 9.59 Å². The van der Waals surface area contributed by atoms with Crippen LogP contribution in [0.15, 0.2) is 72.9 Å². The largest absolute Gasteiger partial charge is 0.462 e. The lowest BCUT2D eigenvalue weighted by Gasteiger charge is -2.18. The third kappa shape index (κ3) is 57.9. The van der Waals surface area contributed by atoms with Crippen LogP contribution in [0.1, 0.15) is 303 Å². The topological polar surface area (TPSA) is 61.8 Å². The molecule has 0 bridgehead atoms. The Morgan fingerprint density at radius 3 is 1.04 bits per heavy atom. The van der Waals surface area contributed by atoms with Crippen molar-refractivity contribution in [3.8, 4) is 0 Å². The summed E-state index contributed by atoms with van der Waals surface area (Å²) in [4.78, 5) is 25.6. The molecule has 0 aliphatic rings. The number of ether oxygens (including phenoxy) is 3. The lowest BCUT2D eigenvalue weighted by atomic mass is 10.1. The molecule has 0 aliphatic carbocycles. The summed E-state index contributed by atoms with van der Waals surface area (Å²) >= 11 is 0. The quantitative estimate of drug-likeness (QED) is 0.0345. The number of rotatable bonds is 56. The molecule has 0 radical (unpaired) electrons. The molecule has 70 heavy (non-hydrogen) atoms. The van der Waals surface area contributed by atoms with Gasteiger partial charge in [-0.15, -0.1) is 0 Å². The molecule has 0 aliphatic heterocycles. The van der Waals surface area contributed by atoms with Crippen LogP contribution >= 0.6 is 0 Å². The fraction of sp³-hybridized carbons (Fsp3) is 0.785. The minimum absolute atomic E-state index is 0.0742. The highest BCUT2D eigenvalue weighted by Gasteiger charge is 2.17. The monoisotopic (exact) mass is 977 g/mol. The van der Waals surface area contributed by atoms with Gasteiger partial charge in [0.1, 0.15) is 6.61 Å². The summed E-state index contributed by atoms with van der Waals surface area (Å²) in [7, 11) is 0. The predicted molar refractivity (Wildman–Crippen MR) is 307 cm³/mol. The van der Waals surface area contributed by atoms with Crippen LogP contribution in [0, 0.1) is 0 Å². The fourth-order valence-electron chi connectivity index (χ4n) is 8.67. The number of allylic oxidation sites excluding steroid dienone is 12. The van der Waals surface area contributed by atoms with Crippen LogP contribution in [0.3, 0.4) is 0 Å². The Labute approximate surface area is 436 Å². The van der Waals surface area contributed by atoms with E-state index in [1.54, 1.807) is 0 Å². The maximum atomic E-state index is 12.9. The number of hydrogen-bond acceptors (Lipinski definition) is 5. The summed E-state index contributed by atoms with van der Waals surface area (Å²) in [5.41, 5.74) is 0. The van der Waals surface area contributed by atoms with Crippen LogP contribution in [0.5, 0.6) is 0 Å². The van der Waals surface area contributed by atoms with Crippen molar-refractivity contribution in [2.45, 2.75) is 309 Å². The van der Waals surface area contributed by atoms with Crippen LogP contribution in [0.2, 0.25) is 0 Å². The zero-order chi connectivity index (χ0) is 50.6. The van der Waals surface area contributed by atoms with Gasteiger partial charge in [-0.3, -0.25) is 9.59 Å². The molecule has 0 aromatic carbocycles. The van der Waals surface area contributed by atoms with E-state index in [1.165, 1.54) is 193 Å². The number of carbonyl (C=O) groups is 2. The molecule has 1 unspecified atom stereocenters. The molecule has 1 atom stereocenters. The lowest BCUT2D eigenvalue weighted by Crippen LogP contribution is -2.30. The van der Waals surface area contributed by atoms with Crippen molar-refractivity contribution < 1.29 is 23.8 Å². The third-order valence-electron chi connectivity index (χ3n) is 13.2. The highest BCUT2D eigenvalue weighted by atomic mass is 16.6. The third-order valence-corrected chi connectivity index (χ3v) is 13.2. The van der Waals surface area contributed by atoms with Crippen molar-refractivity contribution in [1.29, 1.82) is 0 Å². The fourth-order valence-corrected chi connectivity index (χ4v) is 8.67. The lowest BCUT2D eigenvalue weighted by molar-refractivity contribution is -0.163. The maximum absolute atomic E-state index is 12.9. The van der Waals surface area contributed by atoms with Crippen molar-refractivity contribution in [2.75, 3.05) is 19.8 Å². The summed E-state index contributed by atoms with van der Waals surface area (Å²) in [6.45, 7) is 7.72. The molecule has 0 amide bonds. The molecule has 0 aromatic heterocycles. The van der Waals surface area contributed by atoms with Crippen molar-refractivity contribution >= 4 is 11.9 Å². The van der Waals surface area contributed by atoms with Gasteiger partial charge in [0.25, 0.3) is 0 Å². The van der Waals surface area contributed by atoms with E-state index in [0.717, 1.165) is 77.0 Å². The first-order valence-electron chi connectivity index (χ1n) is 30.5. The molecule has 0 saturated carbocycles. The molecule has 5 nitrogen and oxygen atoms in total. The molecule has 5 heteroatoms. The first-order chi connectivity index (χ1) is 34.6. The van der Waals surface area contributed by atoms with E-state index in [4.69, 9.17) is 14.2 Å². The van der Waals surface area contributed by atoms with Crippen LogP contribution in [-0.4, -0.2) is 37.9 Å². The summed E-state index contributed by atoms with van der Waals surface area (Å²) in [5.74, 6) is -0.408. The summed E-state index contributed by atoms with van der Waals surface area (Å²) in [6, 6.07) is 0. The van der Waals surface area contributed by atoms with E-state index in [2.05, 4.69) is 93.7 Å². The molecular formula is C65H116O5. The molecule has 0 rings (SSSR count). The first kappa shape index (κ1) is 67.3. The van der Waals surface area contributed by atoms with Gasteiger partial charge in [0.05, 0.1) is 6.61 Å². The van der Waals surface area contributed by atoms with Crippen LogP contribution in [0.4, 0.5) is 0 Å². The Bertz CT molecular complexity index is 1240. The molecule has 406 valence electrons. The van der Waals surface area contributed by atoms with Gasteiger partial charge >= 0.3 is 11.9 Å². The smallest absolute Gasteiger partial charge is 0.306 e. The van der Waals surface area contributed by atoms with Gasteiger partial charge < -0.3 is 14.2 Å². The van der Waals surface area contributed by atoms with E-state index in [-0.39, 0.29) is 25.2 Å². The Hall–Kier alpha value is -2.66. The zero-order valence-corrected chi connectivity index (χ0v) is 46.8. The molecule has 0 N–H and O–H groups in total. The van der Waals surface area contributed by atoms with Gasteiger partial charge in [0.15, 0.2) is 6.10 Å². The zero-order valence-electron chi connectivity index (χ0n) is 46.8. The second kappa shape index (κ2) is 60.6. The standard InChI is InChI=1S/C65H116O5/c1-4-7-10-13-16-19-22-25-28-31-33-35-37-40-43-46-49-52-55-58-64(66)69-62-63(61-68-60-57-54-51-48-45-42-39-30-27-24-21-18-15-12-9-6-3)70-65(67)59-56-53-50-47-44-41-38-36-34-32-29-26-23-20-17-14-11-8-5-2/h7,10,16,19,25-30,33,35,63H,4-6,8-9,11-15,17-18,20-24,31-32,34,36-62H2,1-3H3/b10-7-,19-16-,28-25-,29-26-,30-27-,35-33-. The Kier molecular flexibility index (Phi) is 58.3. The average Bonchev–Trinajstić information content (AvgIpc) is 3.36. The predicted octanol–water partition coefficient (Wildman–Crippen LogP) is 21.0. The first-order valence-corrected chi connectivity index (χ1v) is 30.5. The van der Waals surface area contributed by atoms with Gasteiger partial charge in [-0.2, -0.15) is 0 Å². The normalized spacial score (nSPS) is 12.7. The van der Waals surface area contributed by atoms with Crippen LogP contribution < -0.4 is 0 Å². The molecule has 0 fully saturated rings. The van der Waals surface area contributed by atoms with E-state index < -0.39 is 6.10 Å². The molecule has 0 spiro atoms. The maximum Gasteiger partial charge on any atom is 0.306 e. The highest BCUT2D eigenvalue weighted by Crippen LogP contribution is 2.15. The van der Waals surface area contributed by atoms with Crippen LogP contribution in [0.25, 0.3) is 0 Å². The van der Waals surface area contributed by atoms with Gasteiger partial charge in [-0.1, -0.05) is 254 Å². The van der Waals surface area contributed by atoms with E-state index in [0.29, 0.717) is 19.4 Å². The van der Waals surface area contributed by atoms with Crippen molar-refractivity contribution in [3.63, 3.8) is 0 Å². The van der Waals surface area contributed by atoms with Gasteiger partial charge in [0.2, 0.25) is 0 Å². The Morgan fingerprint density at radius 2 is 0.643 bits per heavy atom. The highest BCUT2D eigenvalue weighted by molar-refractivity contribution is 5.70. The second-order valence-electron chi connectivity index (χ2n) is 20.2. The summed E-state index contributed by atoms with van der Waals surface area (Å²) < 4.78 is 17.5. The van der Waals surface area contributed by atoms with E-state index >= 15 is 0 Å². The Balaban J connectivity index is 4.30. The van der Waals surface area contributed by atoms with Gasteiger partial charge in [-0.25, -0.2) is 0 Å². The molecule has 0 aromatic rings. The summed E-state index contributed by atoms with van der Waals surface area (Å²) in [5, 5.41) is 0. The van der Waals surface area contributed by atoms with Crippen molar-refractivity contribution in [1.82, 2.24) is 0 Å². The summed E-state index contributed by atoms with van der Waals surface area (Å²) in [6.07, 6.45) is 79.3. The average molecular weight is 978 g/mol. The van der Waals surface area contributed by atoms with Gasteiger partial charge in [-0.05, 0) is 109 Å². The Morgan fingerprint density at radius 1 is 0.329 bits per heavy atom. The van der Waals surface area contributed by atoms with Crippen molar-refractivity contribution in [2.24, 2.45) is 0 Å². The number of carbonyl (C=O) groups excluding carboxylic acids is 2.